The van der Waals surface area contributed by atoms with E-state index >= 15 is 0 Å². The third kappa shape index (κ3) is 5.12. The third-order valence-corrected chi connectivity index (χ3v) is 5.90. The van der Waals surface area contributed by atoms with Gasteiger partial charge in [-0.3, -0.25) is 0 Å². The van der Waals surface area contributed by atoms with Crippen LogP contribution < -0.4 is 0 Å². The molecule has 0 aliphatic heterocycles. The molecule has 0 amide bonds. The van der Waals surface area contributed by atoms with Gasteiger partial charge in [0.05, 0.1) is 0 Å². The van der Waals surface area contributed by atoms with Crippen molar-refractivity contribution in [2.45, 2.75) is 103 Å². The van der Waals surface area contributed by atoms with E-state index in [1.54, 1.807) is 32.1 Å². The van der Waals surface area contributed by atoms with Crippen molar-refractivity contribution in [2.24, 2.45) is 17.8 Å². The van der Waals surface area contributed by atoms with Crippen LogP contribution in [0.2, 0.25) is 0 Å². The SMILES string of the molecule is CCCCCCC(C1CCCCC1)C1CCCCC1. The van der Waals surface area contributed by atoms with Gasteiger partial charge in [-0.25, -0.2) is 0 Å². The zero-order valence-corrected chi connectivity index (χ0v) is 13.3. The lowest BCUT2D eigenvalue weighted by Gasteiger charge is -2.38. The van der Waals surface area contributed by atoms with Crippen LogP contribution >= 0.6 is 0 Å². The van der Waals surface area contributed by atoms with Crippen molar-refractivity contribution in [3.63, 3.8) is 0 Å². The standard InChI is InChI=1S/C19H36/c1-2-3-4-11-16-19(17-12-7-5-8-13-17)18-14-9-6-10-15-18/h17-19H,2-16H2,1H3. The zero-order chi connectivity index (χ0) is 13.3. The Labute approximate surface area is 121 Å². The minimum absolute atomic E-state index is 1.11. The molecule has 0 bridgehead atoms. The van der Waals surface area contributed by atoms with E-state index in [0.29, 0.717) is 0 Å². The van der Waals surface area contributed by atoms with E-state index in [4.69, 9.17) is 0 Å². The van der Waals surface area contributed by atoms with E-state index < -0.39 is 0 Å². The molecule has 2 aliphatic rings. The topological polar surface area (TPSA) is 0 Å². The summed E-state index contributed by atoms with van der Waals surface area (Å²) < 4.78 is 0. The molecule has 2 rings (SSSR count). The molecule has 0 saturated heterocycles. The van der Waals surface area contributed by atoms with Crippen molar-refractivity contribution in [3.8, 4) is 0 Å². The van der Waals surface area contributed by atoms with E-state index in [9.17, 15) is 0 Å². The van der Waals surface area contributed by atoms with Crippen LogP contribution in [0.1, 0.15) is 103 Å². The minimum atomic E-state index is 1.11. The molecule has 0 aromatic rings. The molecule has 0 heteroatoms. The molecule has 0 spiro atoms. The average molecular weight is 264 g/mol. The monoisotopic (exact) mass is 264 g/mol. The second kappa shape index (κ2) is 9.03. The molecule has 0 aromatic heterocycles. The fraction of sp³-hybridized carbons (Fsp3) is 1.00. The van der Waals surface area contributed by atoms with Crippen LogP contribution in [0.15, 0.2) is 0 Å². The molecular weight excluding hydrogens is 228 g/mol. The Kier molecular flexibility index (Phi) is 7.32. The molecule has 0 nitrogen and oxygen atoms in total. The van der Waals surface area contributed by atoms with Crippen LogP contribution in [0.5, 0.6) is 0 Å². The number of hydrogen-bond donors (Lipinski definition) is 0. The van der Waals surface area contributed by atoms with Gasteiger partial charge in [-0.2, -0.15) is 0 Å². The summed E-state index contributed by atoms with van der Waals surface area (Å²) in [6.45, 7) is 2.33. The second-order valence-corrected chi connectivity index (χ2v) is 7.31. The first kappa shape index (κ1) is 15.4. The van der Waals surface area contributed by atoms with E-state index in [1.165, 1.54) is 64.2 Å². The van der Waals surface area contributed by atoms with Crippen LogP contribution in [0, 0.1) is 17.8 Å². The Morgan fingerprint density at radius 2 is 1.21 bits per heavy atom. The Morgan fingerprint density at radius 1 is 0.684 bits per heavy atom. The van der Waals surface area contributed by atoms with Crippen LogP contribution in [0.3, 0.4) is 0 Å². The molecule has 2 saturated carbocycles. The highest BCUT2D eigenvalue weighted by atomic mass is 14.4. The van der Waals surface area contributed by atoms with Crippen molar-refractivity contribution in [1.29, 1.82) is 0 Å². The number of rotatable bonds is 7. The summed E-state index contributed by atoms with van der Waals surface area (Å²) in [6.07, 6.45) is 22.8. The molecule has 0 heterocycles. The number of hydrogen-bond acceptors (Lipinski definition) is 0. The van der Waals surface area contributed by atoms with Crippen molar-refractivity contribution < 1.29 is 0 Å². The minimum Gasteiger partial charge on any atom is -0.0654 e. The summed E-state index contributed by atoms with van der Waals surface area (Å²) in [5.41, 5.74) is 0. The molecule has 0 aromatic carbocycles. The van der Waals surface area contributed by atoms with Gasteiger partial charge in [-0.05, 0) is 24.2 Å². The van der Waals surface area contributed by atoms with Gasteiger partial charge in [0.15, 0.2) is 0 Å². The van der Waals surface area contributed by atoms with Gasteiger partial charge < -0.3 is 0 Å². The Balaban J connectivity index is 1.83. The third-order valence-electron chi connectivity index (χ3n) is 5.90. The maximum atomic E-state index is 2.33. The Bertz CT molecular complexity index is 190. The molecular formula is C19H36. The first-order chi connectivity index (χ1) is 9.42. The van der Waals surface area contributed by atoms with E-state index in [-0.39, 0.29) is 0 Å². The highest BCUT2D eigenvalue weighted by Gasteiger charge is 2.30. The fourth-order valence-corrected chi connectivity index (χ4v) is 4.79. The van der Waals surface area contributed by atoms with Crippen molar-refractivity contribution in [3.05, 3.63) is 0 Å². The van der Waals surface area contributed by atoms with Gasteiger partial charge in [0, 0.05) is 0 Å². The first-order valence-corrected chi connectivity index (χ1v) is 9.42. The van der Waals surface area contributed by atoms with Crippen molar-refractivity contribution >= 4 is 0 Å². The molecule has 2 aliphatic carbocycles. The van der Waals surface area contributed by atoms with Gasteiger partial charge in [-0.1, -0.05) is 96.8 Å². The van der Waals surface area contributed by atoms with Crippen LogP contribution in [-0.2, 0) is 0 Å². The predicted molar refractivity (Wildman–Crippen MR) is 85.4 cm³/mol. The summed E-state index contributed by atoms with van der Waals surface area (Å²) in [7, 11) is 0. The molecule has 0 atom stereocenters. The highest BCUT2D eigenvalue weighted by molar-refractivity contribution is 4.81. The summed E-state index contributed by atoms with van der Waals surface area (Å²) in [4.78, 5) is 0. The summed E-state index contributed by atoms with van der Waals surface area (Å²) >= 11 is 0. The van der Waals surface area contributed by atoms with E-state index in [0.717, 1.165) is 17.8 Å². The molecule has 0 radical (unpaired) electrons. The molecule has 0 unspecified atom stereocenters. The molecule has 112 valence electrons. The Hall–Kier alpha value is 0. The van der Waals surface area contributed by atoms with Gasteiger partial charge >= 0.3 is 0 Å². The van der Waals surface area contributed by atoms with Gasteiger partial charge in [0.1, 0.15) is 0 Å². The van der Waals surface area contributed by atoms with Gasteiger partial charge in [0.25, 0.3) is 0 Å². The molecule has 2 fully saturated rings. The molecule has 19 heavy (non-hydrogen) atoms. The zero-order valence-electron chi connectivity index (χ0n) is 13.3. The maximum absolute atomic E-state index is 2.33. The van der Waals surface area contributed by atoms with E-state index in [2.05, 4.69) is 6.92 Å². The Morgan fingerprint density at radius 3 is 1.68 bits per heavy atom. The van der Waals surface area contributed by atoms with Crippen LogP contribution in [0.4, 0.5) is 0 Å². The molecule has 0 N–H and O–H groups in total. The van der Waals surface area contributed by atoms with Crippen LogP contribution in [0.25, 0.3) is 0 Å². The summed E-state index contributed by atoms with van der Waals surface area (Å²) in [5.74, 6) is 3.33. The van der Waals surface area contributed by atoms with Gasteiger partial charge in [0.2, 0.25) is 0 Å². The quantitative estimate of drug-likeness (QED) is 0.447. The fourth-order valence-electron chi connectivity index (χ4n) is 4.79. The maximum Gasteiger partial charge on any atom is -0.0357 e. The number of unbranched alkanes of at least 4 members (excludes halogenated alkanes) is 3. The first-order valence-electron chi connectivity index (χ1n) is 9.42. The largest absolute Gasteiger partial charge is 0.0654 e. The second-order valence-electron chi connectivity index (χ2n) is 7.31. The lowest BCUT2D eigenvalue weighted by atomic mass is 9.68. The van der Waals surface area contributed by atoms with Gasteiger partial charge in [-0.15, -0.1) is 0 Å². The van der Waals surface area contributed by atoms with E-state index in [1.807, 2.05) is 0 Å². The normalized spacial score (nSPS) is 23.1. The lowest BCUT2D eigenvalue weighted by molar-refractivity contribution is 0.132. The average Bonchev–Trinajstić information content (AvgIpc) is 2.49. The lowest BCUT2D eigenvalue weighted by Crippen LogP contribution is -2.27. The highest BCUT2D eigenvalue weighted by Crippen LogP contribution is 2.42. The summed E-state index contributed by atoms with van der Waals surface area (Å²) in [6, 6.07) is 0. The smallest absolute Gasteiger partial charge is 0.0357 e. The summed E-state index contributed by atoms with van der Waals surface area (Å²) in [5, 5.41) is 0. The predicted octanol–water partition coefficient (Wildman–Crippen LogP) is 6.73. The van der Waals surface area contributed by atoms with Crippen molar-refractivity contribution in [2.75, 3.05) is 0 Å². The van der Waals surface area contributed by atoms with Crippen LogP contribution in [-0.4, -0.2) is 0 Å². The van der Waals surface area contributed by atoms with Crippen molar-refractivity contribution in [1.82, 2.24) is 0 Å².